The van der Waals surface area contributed by atoms with E-state index in [0.29, 0.717) is 0 Å². The van der Waals surface area contributed by atoms with Crippen molar-refractivity contribution in [2.75, 3.05) is 0 Å². The number of hydrogen-bond donors (Lipinski definition) is 0. The Kier molecular flexibility index (Phi) is 4.49. The van der Waals surface area contributed by atoms with Crippen LogP contribution in [0.25, 0.3) is 6.58 Å². The minimum atomic E-state index is 1.06. The standard InChI is InChI=1S/C22H26N3/c1-16-7-12-25(15-17(16)2)22(20-8-10-23(5)18(3)13-20)21-9-11-24(6)19(4)14-21/h7-15H,1H2,2-6H3/q+3. The molecule has 0 atom stereocenters. The zero-order chi connectivity index (χ0) is 18.1. The van der Waals surface area contributed by atoms with Crippen LogP contribution in [-0.4, -0.2) is 0 Å². The van der Waals surface area contributed by atoms with Crippen LogP contribution < -0.4 is 18.6 Å². The molecule has 3 rings (SSSR count). The maximum Gasteiger partial charge on any atom is 0.226 e. The average molecular weight is 332 g/mol. The molecule has 25 heavy (non-hydrogen) atoms. The second-order valence-corrected chi connectivity index (χ2v) is 6.74. The maximum absolute atomic E-state index is 4.09. The summed E-state index contributed by atoms with van der Waals surface area (Å²) < 4.78 is 6.46. The number of rotatable bonds is 2. The SMILES string of the molecule is C=c1cc[n+](=C(c2cc[n+](C)c(C)c2)c2cc[n+](C)c(C)c2)cc1C. The predicted octanol–water partition coefficient (Wildman–Crippen LogP) is 1.44. The van der Waals surface area contributed by atoms with Gasteiger partial charge in [0.1, 0.15) is 14.1 Å². The van der Waals surface area contributed by atoms with Crippen LogP contribution in [0.4, 0.5) is 0 Å². The lowest BCUT2D eigenvalue weighted by Gasteiger charge is -2.04. The van der Waals surface area contributed by atoms with Crippen molar-refractivity contribution in [3.63, 3.8) is 0 Å². The third kappa shape index (κ3) is 3.36. The second kappa shape index (κ2) is 6.60. The minimum absolute atomic E-state index is 1.06. The molecule has 0 N–H and O–H groups in total. The summed E-state index contributed by atoms with van der Waals surface area (Å²) >= 11 is 0. The molecule has 126 valence electrons. The van der Waals surface area contributed by atoms with Crippen molar-refractivity contribution >= 4 is 6.58 Å². The second-order valence-electron chi connectivity index (χ2n) is 6.74. The quantitative estimate of drug-likeness (QED) is 0.630. The first-order valence-electron chi connectivity index (χ1n) is 8.51. The predicted molar refractivity (Wildman–Crippen MR) is 98.1 cm³/mol. The fourth-order valence-electron chi connectivity index (χ4n) is 2.90. The summed E-state index contributed by atoms with van der Waals surface area (Å²) in [5.74, 6) is 0. The number of nitrogens with zero attached hydrogens (tertiary/aromatic N) is 3. The highest BCUT2D eigenvalue weighted by molar-refractivity contribution is 5.37. The molecule has 3 heterocycles. The molecule has 0 saturated carbocycles. The van der Waals surface area contributed by atoms with Crippen molar-refractivity contribution < 1.29 is 13.4 Å². The van der Waals surface area contributed by atoms with Gasteiger partial charge < -0.3 is 0 Å². The molecule has 0 aliphatic carbocycles. The van der Waals surface area contributed by atoms with Gasteiger partial charge in [0.15, 0.2) is 36.2 Å². The van der Waals surface area contributed by atoms with Crippen LogP contribution in [0.15, 0.2) is 55.1 Å². The Morgan fingerprint density at radius 2 is 1.32 bits per heavy atom. The lowest BCUT2D eigenvalue weighted by molar-refractivity contribution is -0.677. The van der Waals surface area contributed by atoms with Crippen molar-refractivity contribution in [3.8, 4) is 0 Å². The van der Waals surface area contributed by atoms with E-state index in [1.165, 1.54) is 33.8 Å². The fourth-order valence-corrected chi connectivity index (χ4v) is 2.90. The van der Waals surface area contributed by atoms with Crippen LogP contribution in [0, 0.1) is 26.5 Å². The Bertz CT molecular complexity index is 1010. The zero-order valence-corrected chi connectivity index (χ0v) is 15.7. The lowest BCUT2D eigenvalue weighted by atomic mass is 10.0. The van der Waals surface area contributed by atoms with Gasteiger partial charge in [0.05, 0.1) is 11.1 Å². The fraction of sp³-hybridized carbons (Fsp3) is 0.227. The summed E-state index contributed by atoms with van der Waals surface area (Å²) in [4.78, 5) is 0. The van der Waals surface area contributed by atoms with Crippen LogP contribution in [0.1, 0.15) is 28.1 Å². The molecular weight excluding hydrogens is 306 g/mol. The summed E-state index contributed by atoms with van der Waals surface area (Å²) in [6.45, 7) is 10.5. The number of aromatic nitrogens is 3. The van der Waals surface area contributed by atoms with Gasteiger partial charge >= 0.3 is 0 Å². The van der Waals surface area contributed by atoms with Gasteiger partial charge in [-0.3, -0.25) is 0 Å². The van der Waals surface area contributed by atoms with E-state index in [1.54, 1.807) is 0 Å². The van der Waals surface area contributed by atoms with E-state index in [-0.39, 0.29) is 0 Å². The molecule has 3 aromatic rings. The molecule has 0 aromatic carbocycles. The van der Waals surface area contributed by atoms with Gasteiger partial charge in [-0.15, -0.1) is 0 Å². The van der Waals surface area contributed by atoms with E-state index in [0.717, 1.165) is 5.22 Å². The Morgan fingerprint density at radius 1 is 0.800 bits per heavy atom. The Labute approximate surface area is 149 Å². The summed E-state index contributed by atoms with van der Waals surface area (Å²) in [6, 6.07) is 10.9. The minimum Gasteiger partial charge on any atom is -0.205 e. The molecular formula is C22H26N3+3. The first kappa shape index (κ1) is 17.0. The molecule has 0 unspecified atom stereocenters. The van der Waals surface area contributed by atoms with Gasteiger partial charge in [-0.1, -0.05) is 6.58 Å². The van der Waals surface area contributed by atoms with Crippen molar-refractivity contribution in [1.82, 2.24) is 0 Å². The van der Waals surface area contributed by atoms with E-state index in [2.05, 4.69) is 110 Å². The van der Waals surface area contributed by atoms with Crippen molar-refractivity contribution in [1.29, 1.82) is 0 Å². The topological polar surface area (TPSA) is 13.7 Å². The Morgan fingerprint density at radius 3 is 1.76 bits per heavy atom. The highest BCUT2D eigenvalue weighted by atomic mass is 14.9. The van der Waals surface area contributed by atoms with Crippen LogP contribution in [-0.2, 0) is 14.1 Å². The monoisotopic (exact) mass is 332 g/mol. The number of aryl methyl sites for hydroxylation is 5. The van der Waals surface area contributed by atoms with Crippen molar-refractivity contribution in [2.45, 2.75) is 20.8 Å². The molecule has 3 nitrogen and oxygen atoms in total. The molecule has 0 aliphatic rings. The molecule has 0 fully saturated rings. The molecule has 3 aromatic heterocycles. The van der Waals surface area contributed by atoms with Crippen LogP contribution >= 0.6 is 0 Å². The Hall–Kier alpha value is -2.81. The first-order chi connectivity index (χ1) is 11.9. The third-order valence-corrected chi connectivity index (χ3v) is 4.88. The summed E-state index contributed by atoms with van der Waals surface area (Å²) in [6.07, 6.45) is 8.48. The average Bonchev–Trinajstić information content (AvgIpc) is 2.57. The third-order valence-electron chi connectivity index (χ3n) is 4.88. The zero-order valence-electron chi connectivity index (χ0n) is 15.7. The Balaban J connectivity index is 2.39. The number of hydrogen-bond acceptors (Lipinski definition) is 0. The van der Waals surface area contributed by atoms with Crippen LogP contribution in [0.5, 0.6) is 0 Å². The van der Waals surface area contributed by atoms with Gasteiger partial charge in [0.2, 0.25) is 5.71 Å². The molecule has 3 heteroatoms. The molecule has 0 aliphatic heterocycles. The molecule has 0 saturated heterocycles. The van der Waals surface area contributed by atoms with E-state index < -0.39 is 0 Å². The maximum atomic E-state index is 4.09. The van der Waals surface area contributed by atoms with Crippen molar-refractivity contribution in [2.24, 2.45) is 14.1 Å². The van der Waals surface area contributed by atoms with Gasteiger partial charge in [-0.05, 0) is 12.1 Å². The molecule has 0 amide bonds. The summed E-state index contributed by atoms with van der Waals surface area (Å²) in [7, 11) is 4.14. The highest BCUT2D eigenvalue weighted by Crippen LogP contribution is 2.15. The smallest absolute Gasteiger partial charge is 0.205 e. The first-order valence-corrected chi connectivity index (χ1v) is 8.51. The molecule has 0 radical (unpaired) electrons. The van der Waals surface area contributed by atoms with E-state index >= 15 is 0 Å². The van der Waals surface area contributed by atoms with Gasteiger partial charge in [0, 0.05) is 49.7 Å². The van der Waals surface area contributed by atoms with Crippen LogP contribution in [0.2, 0.25) is 0 Å². The van der Waals surface area contributed by atoms with Gasteiger partial charge in [-0.2, -0.15) is 4.24 Å². The number of pyridine rings is 3. The highest BCUT2D eigenvalue weighted by Gasteiger charge is 2.20. The lowest BCUT2D eigenvalue weighted by Crippen LogP contribution is -2.34. The van der Waals surface area contributed by atoms with E-state index in [1.807, 2.05) is 0 Å². The van der Waals surface area contributed by atoms with E-state index in [4.69, 9.17) is 0 Å². The summed E-state index contributed by atoms with van der Waals surface area (Å²) in [5.41, 5.74) is 7.20. The largest absolute Gasteiger partial charge is 0.226 e. The molecule has 0 bridgehead atoms. The van der Waals surface area contributed by atoms with Gasteiger partial charge in [-0.25, -0.2) is 9.13 Å². The normalized spacial score (nSPS) is 10.8. The van der Waals surface area contributed by atoms with Gasteiger partial charge in [0.25, 0.3) is 0 Å². The van der Waals surface area contributed by atoms with E-state index in [9.17, 15) is 0 Å². The van der Waals surface area contributed by atoms with Crippen molar-refractivity contribution in [3.05, 3.63) is 94.1 Å². The summed E-state index contributed by atoms with van der Waals surface area (Å²) in [5, 5.41) is 1.06. The molecule has 0 spiro atoms. The van der Waals surface area contributed by atoms with Crippen LogP contribution in [0.3, 0.4) is 0 Å².